The Kier molecular flexibility index (Phi) is 5.40. The molecule has 1 aliphatic carbocycles. The maximum atomic E-state index is 11.8. The van der Waals surface area contributed by atoms with E-state index in [1.807, 2.05) is 6.08 Å². The minimum Gasteiger partial charge on any atom is -0.356 e. The number of rotatable bonds is 4. The third-order valence-electron chi connectivity index (χ3n) is 3.05. The Morgan fingerprint density at radius 3 is 2.87 bits per heavy atom. The van der Waals surface area contributed by atoms with Gasteiger partial charge < -0.3 is 11.1 Å². The van der Waals surface area contributed by atoms with E-state index in [4.69, 9.17) is 5.73 Å². The highest BCUT2D eigenvalue weighted by molar-refractivity contribution is 5.79. The van der Waals surface area contributed by atoms with Crippen molar-refractivity contribution in [3.05, 3.63) is 12.7 Å². The number of carbonyl (C=O) groups is 1. The Morgan fingerprint density at radius 1 is 1.40 bits per heavy atom. The zero-order valence-electron chi connectivity index (χ0n) is 9.37. The van der Waals surface area contributed by atoms with Gasteiger partial charge in [-0.05, 0) is 19.3 Å². The van der Waals surface area contributed by atoms with E-state index in [1.165, 1.54) is 6.42 Å². The lowest BCUT2D eigenvalue weighted by Crippen LogP contribution is -2.41. The molecular formula is C12H22N2O. The Labute approximate surface area is 92.1 Å². The smallest absolute Gasteiger partial charge is 0.224 e. The normalized spacial score (nSPS) is 26.7. The van der Waals surface area contributed by atoms with Crippen molar-refractivity contribution in [2.45, 2.75) is 44.6 Å². The van der Waals surface area contributed by atoms with Crippen molar-refractivity contribution in [1.82, 2.24) is 5.32 Å². The van der Waals surface area contributed by atoms with Crippen molar-refractivity contribution < 1.29 is 4.79 Å². The van der Waals surface area contributed by atoms with Crippen molar-refractivity contribution in [2.24, 2.45) is 11.7 Å². The molecule has 0 saturated heterocycles. The fourth-order valence-electron chi connectivity index (χ4n) is 2.09. The van der Waals surface area contributed by atoms with Crippen LogP contribution in [0.5, 0.6) is 0 Å². The van der Waals surface area contributed by atoms with Crippen LogP contribution in [0.2, 0.25) is 0 Å². The van der Waals surface area contributed by atoms with Gasteiger partial charge in [0.15, 0.2) is 0 Å². The SMILES string of the molecule is C=CCCNC(=O)C1CCCCCC1N. The van der Waals surface area contributed by atoms with Crippen LogP contribution in [0.15, 0.2) is 12.7 Å². The summed E-state index contributed by atoms with van der Waals surface area (Å²) < 4.78 is 0. The van der Waals surface area contributed by atoms with Crippen LogP contribution in [0.25, 0.3) is 0 Å². The molecule has 1 saturated carbocycles. The monoisotopic (exact) mass is 210 g/mol. The number of amides is 1. The molecule has 0 aromatic carbocycles. The van der Waals surface area contributed by atoms with E-state index in [0.29, 0.717) is 6.54 Å². The fraction of sp³-hybridized carbons (Fsp3) is 0.750. The maximum Gasteiger partial charge on any atom is 0.224 e. The molecule has 0 aliphatic heterocycles. The lowest BCUT2D eigenvalue weighted by molar-refractivity contribution is -0.125. The van der Waals surface area contributed by atoms with Gasteiger partial charge in [0.2, 0.25) is 5.91 Å². The number of nitrogens with two attached hydrogens (primary N) is 1. The summed E-state index contributed by atoms with van der Waals surface area (Å²) in [5, 5.41) is 2.92. The largest absolute Gasteiger partial charge is 0.356 e. The first-order chi connectivity index (χ1) is 7.25. The molecule has 2 unspecified atom stereocenters. The Bertz CT molecular complexity index is 216. The summed E-state index contributed by atoms with van der Waals surface area (Å²) in [6.07, 6.45) is 8.08. The van der Waals surface area contributed by atoms with Crippen LogP contribution >= 0.6 is 0 Å². The van der Waals surface area contributed by atoms with Gasteiger partial charge in [-0.15, -0.1) is 6.58 Å². The van der Waals surface area contributed by atoms with Gasteiger partial charge in [-0.2, -0.15) is 0 Å². The van der Waals surface area contributed by atoms with E-state index in [1.54, 1.807) is 0 Å². The summed E-state index contributed by atoms with van der Waals surface area (Å²) in [5.74, 6) is 0.156. The quantitative estimate of drug-likeness (QED) is 0.420. The molecule has 1 fully saturated rings. The standard InChI is InChI=1S/C12H22N2O/c1-2-3-9-14-12(15)10-7-5-4-6-8-11(10)13/h2,10-11H,1,3-9,13H2,(H,14,15). The molecule has 3 heteroatoms. The van der Waals surface area contributed by atoms with Crippen molar-refractivity contribution in [3.8, 4) is 0 Å². The lowest BCUT2D eigenvalue weighted by atomic mass is 9.94. The molecule has 0 spiro atoms. The average Bonchev–Trinajstić information content (AvgIpc) is 2.43. The fourth-order valence-corrected chi connectivity index (χ4v) is 2.09. The molecule has 15 heavy (non-hydrogen) atoms. The van der Waals surface area contributed by atoms with Crippen LogP contribution in [0.4, 0.5) is 0 Å². The summed E-state index contributed by atoms with van der Waals surface area (Å²) in [4.78, 5) is 11.8. The second-order valence-electron chi connectivity index (χ2n) is 4.28. The minimum absolute atomic E-state index is 0.0253. The van der Waals surface area contributed by atoms with Crippen LogP contribution in [-0.2, 0) is 4.79 Å². The Morgan fingerprint density at radius 2 is 2.13 bits per heavy atom. The first kappa shape index (κ1) is 12.2. The number of carbonyl (C=O) groups excluding carboxylic acids is 1. The van der Waals surface area contributed by atoms with E-state index < -0.39 is 0 Å². The van der Waals surface area contributed by atoms with Gasteiger partial charge in [-0.3, -0.25) is 4.79 Å². The Balaban J connectivity index is 2.37. The molecule has 0 aromatic rings. The third-order valence-corrected chi connectivity index (χ3v) is 3.05. The predicted octanol–water partition coefficient (Wildman–Crippen LogP) is 1.59. The van der Waals surface area contributed by atoms with Gasteiger partial charge in [-0.25, -0.2) is 0 Å². The van der Waals surface area contributed by atoms with Crippen LogP contribution in [0.3, 0.4) is 0 Å². The number of hydrogen-bond acceptors (Lipinski definition) is 2. The molecule has 86 valence electrons. The topological polar surface area (TPSA) is 55.1 Å². The minimum atomic E-state index is 0.0253. The summed E-state index contributed by atoms with van der Waals surface area (Å²) >= 11 is 0. The number of nitrogens with one attached hydrogen (secondary N) is 1. The van der Waals surface area contributed by atoms with Gasteiger partial charge >= 0.3 is 0 Å². The third kappa shape index (κ3) is 4.04. The maximum absolute atomic E-state index is 11.8. The first-order valence-electron chi connectivity index (χ1n) is 5.90. The van der Waals surface area contributed by atoms with E-state index in [9.17, 15) is 4.79 Å². The molecule has 1 amide bonds. The van der Waals surface area contributed by atoms with Gasteiger partial charge in [0, 0.05) is 12.6 Å². The lowest BCUT2D eigenvalue weighted by Gasteiger charge is -2.20. The molecule has 2 atom stereocenters. The molecule has 1 aliphatic rings. The highest BCUT2D eigenvalue weighted by Gasteiger charge is 2.26. The molecule has 3 nitrogen and oxygen atoms in total. The molecule has 0 radical (unpaired) electrons. The summed E-state index contributed by atoms with van der Waals surface area (Å²) in [6.45, 7) is 4.31. The Hall–Kier alpha value is -0.830. The van der Waals surface area contributed by atoms with Crippen LogP contribution in [0.1, 0.15) is 38.5 Å². The number of hydrogen-bond donors (Lipinski definition) is 2. The van der Waals surface area contributed by atoms with Gasteiger partial charge in [0.25, 0.3) is 0 Å². The molecule has 3 N–H and O–H groups in total. The zero-order chi connectivity index (χ0) is 11.1. The first-order valence-corrected chi connectivity index (χ1v) is 5.90. The van der Waals surface area contributed by atoms with E-state index in [-0.39, 0.29) is 17.9 Å². The molecular weight excluding hydrogens is 188 g/mol. The van der Waals surface area contributed by atoms with E-state index >= 15 is 0 Å². The molecule has 0 heterocycles. The van der Waals surface area contributed by atoms with Crippen LogP contribution < -0.4 is 11.1 Å². The van der Waals surface area contributed by atoms with Crippen LogP contribution in [0, 0.1) is 5.92 Å². The summed E-state index contributed by atoms with van der Waals surface area (Å²) in [5.41, 5.74) is 6.00. The van der Waals surface area contributed by atoms with Crippen molar-refractivity contribution in [1.29, 1.82) is 0 Å². The van der Waals surface area contributed by atoms with Gasteiger partial charge in [-0.1, -0.05) is 25.3 Å². The van der Waals surface area contributed by atoms with E-state index in [0.717, 1.165) is 32.1 Å². The van der Waals surface area contributed by atoms with E-state index in [2.05, 4.69) is 11.9 Å². The molecule has 0 aromatic heterocycles. The van der Waals surface area contributed by atoms with Crippen molar-refractivity contribution >= 4 is 5.91 Å². The molecule has 0 bridgehead atoms. The highest BCUT2D eigenvalue weighted by Crippen LogP contribution is 2.22. The summed E-state index contributed by atoms with van der Waals surface area (Å²) in [7, 11) is 0. The second kappa shape index (κ2) is 6.62. The van der Waals surface area contributed by atoms with Crippen molar-refractivity contribution in [2.75, 3.05) is 6.54 Å². The molecule has 1 rings (SSSR count). The zero-order valence-corrected chi connectivity index (χ0v) is 9.37. The van der Waals surface area contributed by atoms with Crippen LogP contribution in [-0.4, -0.2) is 18.5 Å². The van der Waals surface area contributed by atoms with Gasteiger partial charge in [0.1, 0.15) is 0 Å². The summed E-state index contributed by atoms with van der Waals surface area (Å²) in [6, 6.07) is 0.0521. The predicted molar refractivity (Wildman–Crippen MR) is 62.4 cm³/mol. The average molecular weight is 210 g/mol. The van der Waals surface area contributed by atoms with Gasteiger partial charge in [0.05, 0.1) is 5.92 Å². The second-order valence-corrected chi connectivity index (χ2v) is 4.28. The van der Waals surface area contributed by atoms with Crippen molar-refractivity contribution in [3.63, 3.8) is 0 Å². The highest BCUT2D eigenvalue weighted by atomic mass is 16.1.